The Hall–Kier alpha value is -1.11. The largest absolute Gasteiger partial charge is 0.494 e. The fourth-order valence-electron chi connectivity index (χ4n) is 3.56. The van der Waals surface area contributed by atoms with Gasteiger partial charge in [-0.25, -0.2) is 8.42 Å². The van der Waals surface area contributed by atoms with E-state index in [1.807, 2.05) is 6.92 Å². The van der Waals surface area contributed by atoms with E-state index in [0.717, 1.165) is 25.7 Å². The maximum atomic E-state index is 12.9. The molecular weight excluding hydrogens is 288 g/mol. The van der Waals surface area contributed by atoms with Crippen LogP contribution in [-0.4, -0.2) is 37.5 Å². The summed E-state index contributed by atoms with van der Waals surface area (Å²) in [4.78, 5) is 0.346. The fraction of sp³-hybridized carbons (Fsp3) is 0.600. The van der Waals surface area contributed by atoms with Crippen LogP contribution in [0, 0.1) is 0 Å². The zero-order valence-corrected chi connectivity index (χ0v) is 13.1. The lowest BCUT2D eigenvalue weighted by molar-refractivity contribution is 0.227. The monoisotopic (exact) mass is 310 g/mol. The number of hydrogen-bond donors (Lipinski definition) is 1. The van der Waals surface area contributed by atoms with Crippen molar-refractivity contribution in [3.63, 3.8) is 0 Å². The van der Waals surface area contributed by atoms with Gasteiger partial charge in [0.05, 0.1) is 11.5 Å². The first kappa shape index (κ1) is 14.8. The fourth-order valence-corrected chi connectivity index (χ4v) is 5.46. The second kappa shape index (κ2) is 5.59. The maximum absolute atomic E-state index is 12.9. The Morgan fingerprint density at radius 1 is 1.19 bits per heavy atom. The molecule has 0 spiro atoms. The molecule has 2 bridgehead atoms. The maximum Gasteiger partial charge on any atom is 0.243 e. The molecule has 2 heterocycles. The van der Waals surface area contributed by atoms with Crippen molar-refractivity contribution >= 4 is 10.0 Å². The molecular formula is C15H22N2O3S. The summed E-state index contributed by atoms with van der Waals surface area (Å²) >= 11 is 0. The van der Waals surface area contributed by atoms with Crippen LogP contribution in [-0.2, 0) is 10.0 Å². The van der Waals surface area contributed by atoms with E-state index in [9.17, 15) is 8.42 Å². The molecule has 0 saturated carbocycles. The molecule has 2 unspecified atom stereocenters. The topological polar surface area (TPSA) is 72.6 Å². The van der Waals surface area contributed by atoms with Gasteiger partial charge in [-0.15, -0.1) is 0 Å². The average Bonchev–Trinajstić information content (AvgIpc) is 2.73. The number of hydrogen-bond acceptors (Lipinski definition) is 4. The number of piperidine rings is 1. The van der Waals surface area contributed by atoms with Crippen LogP contribution in [0.15, 0.2) is 29.2 Å². The molecule has 116 valence electrons. The van der Waals surface area contributed by atoms with Crippen LogP contribution >= 0.6 is 0 Å². The Morgan fingerprint density at radius 3 is 2.29 bits per heavy atom. The highest BCUT2D eigenvalue weighted by molar-refractivity contribution is 7.89. The van der Waals surface area contributed by atoms with Crippen LogP contribution < -0.4 is 10.5 Å². The Morgan fingerprint density at radius 2 is 1.76 bits per heavy atom. The van der Waals surface area contributed by atoms with Gasteiger partial charge in [-0.3, -0.25) is 0 Å². The number of rotatable bonds is 4. The Balaban J connectivity index is 1.87. The molecule has 3 rings (SSSR count). The third kappa shape index (κ3) is 2.67. The second-order valence-electron chi connectivity index (χ2n) is 5.86. The van der Waals surface area contributed by atoms with Crippen molar-refractivity contribution in [3.8, 4) is 5.75 Å². The SMILES string of the molecule is CCOc1ccc(S(=O)(=O)N2C3CCC2CC(N)C3)cc1. The van der Waals surface area contributed by atoms with Gasteiger partial charge in [0, 0.05) is 18.1 Å². The van der Waals surface area contributed by atoms with Crippen molar-refractivity contribution < 1.29 is 13.2 Å². The lowest BCUT2D eigenvalue weighted by atomic mass is 10.0. The van der Waals surface area contributed by atoms with Crippen molar-refractivity contribution in [2.75, 3.05) is 6.61 Å². The van der Waals surface area contributed by atoms with Crippen LogP contribution in [0.25, 0.3) is 0 Å². The third-order valence-electron chi connectivity index (χ3n) is 4.41. The van der Waals surface area contributed by atoms with Gasteiger partial charge >= 0.3 is 0 Å². The van der Waals surface area contributed by atoms with E-state index in [1.54, 1.807) is 28.6 Å². The molecule has 2 atom stereocenters. The van der Waals surface area contributed by atoms with Gasteiger partial charge in [0.25, 0.3) is 0 Å². The average molecular weight is 310 g/mol. The molecule has 0 radical (unpaired) electrons. The van der Waals surface area contributed by atoms with Gasteiger partial charge in [-0.05, 0) is 56.9 Å². The highest BCUT2D eigenvalue weighted by Crippen LogP contribution is 2.39. The van der Waals surface area contributed by atoms with Crippen LogP contribution in [0.2, 0.25) is 0 Å². The molecule has 2 aliphatic rings. The summed E-state index contributed by atoms with van der Waals surface area (Å²) in [6.07, 6.45) is 3.39. The van der Waals surface area contributed by atoms with Crippen LogP contribution in [0.4, 0.5) is 0 Å². The van der Waals surface area contributed by atoms with E-state index in [4.69, 9.17) is 10.5 Å². The molecule has 2 aliphatic heterocycles. The number of fused-ring (bicyclic) bond motifs is 2. The molecule has 6 heteroatoms. The number of nitrogens with zero attached hydrogens (tertiary/aromatic N) is 1. The summed E-state index contributed by atoms with van der Waals surface area (Å²) < 4.78 is 32.8. The summed E-state index contributed by atoms with van der Waals surface area (Å²) in [5, 5.41) is 0. The summed E-state index contributed by atoms with van der Waals surface area (Å²) in [7, 11) is -3.43. The smallest absolute Gasteiger partial charge is 0.243 e. The zero-order valence-electron chi connectivity index (χ0n) is 12.2. The normalized spacial score (nSPS) is 29.5. The molecule has 5 nitrogen and oxygen atoms in total. The van der Waals surface area contributed by atoms with Crippen molar-refractivity contribution in [1.82, 2.24) is 4.31 Å². The molecule has 1 aromatic carbocycles. The van der Waals surface area contributed by atoms with Crippen LogP contribution in [0.1, 0.15) is 32.6 Å². The van der Waals surface area contributed by atoms with Gasteiger partial charge in [0.2, 0.25) is 10.0 Å². The third-order valence-corrected chi connectivity index (χ3v) is 6.43. The first-order chi connectivity index (χ1) is 10.0. The molecule has 0 aliphatic carbocycles. The number of ether oxygens (including phenoxy) is 1. The lowest BCUT2D eigenvalue weighted by Crippen LogP contribution is -2.49. The number of benzene rings is 1. The van der Waals surface area contributed by atoms with E-state index in [1.165, 1.54) is 0 Å². The van der Waals surface area contributed by atoms with E-state index < -0.39 is 10.0 Å². The quantitative estimate of drug-likeness (QED) is 0.919. The highest BCUT2D eigenvalue weighted by Gasteiger charge is 2.46. The summed E-state index contributed by atoms with van der Waals surface area (Å²) in [5.74, 6) is 0.695. The molecule has 2 fully saturated rings. The predicted molar refractivity (Wildman–Crippen MR) is 80.7 cm³/mol. The lowest BCUT2D eigenvalue weighted by Gasteiger charge is -2.36. The van der Waals surface area contributed by atoms with E-state index in [2.05, 4.69) is 0 Å². The van der Waals surface area contributed by atoms with Crippen molar-refractivity contribution in [3.05, 3.63) is 24.3 Å². The molecule has 2 N–H and O–H groups in total. The highest BCUT2D eigenvalue weighted by atomic mass is 32.2. The molecule has 2 saturated heterocycles. The second-order valence-corrected chi connectivity index (χ2v) is 7.70. The van der Waals surface area contributed by atoms with Crippen molar-refractivity contribution in [2.24, 2.45) is 5.73 Å². The summed E-state index contributed by atoms with van der Waals surface area (Å²) in [6.45, 7) is 2.47. The van der Waals surface area contributed by atoms with Crippen LogP contribution in [0.5, 0.6) is 5.75 Å². The molecule has 0 amide bonds. The standard InChI is InChI=1S/C15H22N2O3S/c1-2-20-14-5-7-15(8-6-14)21(18,19)17-12-3-4-13(17)10-11(16)9-12/h5-8,11-13H,2-4,9-10,16H2,1H3. The van der Waals surface area contributed by atoms with Gasteiger partial charge in [-0.1, -0.05) is 0 Å². The molecule has 1 aromatic rings. The van der Waals surface area contributed by atoms with E-state index >= 15 is 0 Å². The van der Waals surface area contributed by atoms with Gasteiger partial charge < -0.3 is 10.5 Å². The zero-order chi connectivity index (χ0) is 15.0. The minimum absolute atomic E-state index is 0.0651. The van der Waals surface area contributed by atoms with Gasteiger partial charge in [0.15, 0.2) is 0 Å². The minimum atomic E-state index is -3.43. The van der Waals surface area contributed by atoms with E-state index in [-0.39, 0.29) is 18.1 Å². The predicted octanol–water partition coefficient (Wildman–Crippen LogP) is 1.73. The van der Waals surface area contributed by atoms with Gasteiger partial charge in [0.1, 0.15) is 5.75 Å². The first-order valence-electron chi connectivity index (χ1n) is 7.54. The Bertz CT molecular complexity index is 586. The summed E-state index contributed by atoms with van der Waals surface area (Å²) in [5.41, 5.74) is 6.01. The van der Waals surface area contributed by atoms with Crippen molar-refractivity contribution in [1.29, 1.82) is 0 Å². The molecule has 0 aromatic heterocycles. The Kier molecular flexibility index (Phi) is 3.94. The summed E-state index contributed by atoms with van der Waals surface area (Å²) in [6, 6.07) is 6.96. The Labute approximate surface area is 126 Å². The number of nitrogens with two attached hydrogens (primary N) is 1. The van der Waals surface area contributed by atoms with Gasteiger partial charge in [-0.2, -0.15) is 4.31 Å². The molecule has 21 heavy (non-hydrogen) atoms. The first-order valence-corrected chi connectivity index (χ1v) is 8.98. The van der Waals surface area contributed by atoms with E-state index in [0.29, 0.717) is 17.3 Å². The minimum Gasteiger partial charge on any atom is -0.494 e. The number of sulfonamides is 1. The van der Waals surface area contributed by atoms with Crippen molar-refractivity contribution in [2.45, 2.75) is 55.6 Å². The van der Waals surface area contributed by atoms with Crippen LogP contribution in [0.3, 0.4) is 0 Å².